The molecule has 0 aliphatic carbocycles. The van der Waals surface area contributed by atoms with E-state index in [0.717, 1.165) is 17.5 Å². The summed E-state index contributed by atoms with van der Waals surface area (Å²) in [7, 11) is 0. The van der Waals surface area contributed by atoms with Gasteiger partial charge in [-0.05, 0) is 23.5 Å². The van der Waals surface area contributed by atoms with Gasteiger partial charge in [-0.25, -0.2) is 0 Å². The van der Waals surface area contributed by atoms with E-state index in [2.05, 4.69) is 26.6 Å². The fraction of sp³-hybridized carbons (Fsp3) is 0.500. The van der Waals surface area contributed by atoms with Gasteiger partial charge in [-0.3, -0.25) is 14.4 Å². The van der Waals surface area contributed by atoms with Crippen LogP contribution in [0.15, 0.2) is 60.7 Å². The molecule has 3 saturated heterocycles. The van der Waals surface area contributed by atoms with E-state index in [1.54, 1.807) is 0 Å². The molecular weight excluding hydrogens is 562 g/mol. The lowest BCUT2D eigenvalue weighted by Crippen LogP contribution is -2.59. The fourth-order valence-corrected chi connectivity index (χ4v) is 7.57. The second kappa shape index (κ2) is 11.4. The number of fused-ring (bicyclic) bond motifs is 1. The van der Waals surface area contributed by atoms with Gasteiger partial charge in [0.25, 0.3) is 0 Å². The molecule has 1 spiro atoms. The van der Waals surface area contributed by atoms with Crippen molar-refractivity contribution in [2.75, 3.05) is 6.61 Å². The summed E-state index contributed by atoms with van der Waals surface area (Å²) in [6.45, 7) is 4.31. The van der Waals surface area contributed by atoms with Crippen molar-refractivity contribution >= 4 is 33.7 Å². The molecule has 3 aliphatic heterocycles. The number of likely N-dealkylation sites (tertiary alicyclic amines) is 1. The van der Waals surface area contributed by atoms with Gasteiger partial charge >= 0.3 is 0 Å². The summed E-state index contributed by atoms with van der Waals surface area (Å²) >= 11 is 3.70. The molecule has 8 nitrogen and oxygen atoms in total. The minimum absolute atomic E-state index is 0.0547. The number of hydrogen-bond donors (Lipinski definition) is 3. The highest BCUT2D eigenvalue weighted by molar-refractivity contribution is 9.09. The van der Waals surface area contributed by atoms with Crippen molar-refractivity contribution in [2.45, 2.75) is 68.4 Å². The Labute approximate surface area is 237 Å². The van der Waals surface area contributed by atoms with Crippen molar-refractivity contribution in [3.8, 4) is 0 Å². The minimum atomic E-state index is -1.16. The molecule has 208 valence electrons. The summed E-state index contributed by atoms with van der Waals surface area (Å²) in [6.07, 6.45) is 0.614. The predicted octanol–water partition coefficient (Wildman–Crippen LogP) is 2.77. The quantitative estimate of drug-likeness (QED) is 0.365. The molecule has 3 fully saturated rings. The van der Waals surface area contributed by atoms with Gasteiger partial charge in [0.1, 0.15) is 11.6 Å². The third-order valence-electron chi connectivity index (χ3n) is 8.74. The van der Waals surface area contributed by atoms with Gasteiger partial charge in [0, 0.05) is 17.9 Å². The molecule has 0 radical (unpaired) electrons. The number of nitrogens with zero attached hydrogens (tertiary/aromatic N) is 1. The molecule has 3 unspecified atom stereocenters. The van der Waals surface area contributed by atoms with Gasteiger partial charge in [-0.2, -0.15) is 0 Å². The van der Waals surface area contributed by atoms with Gasteiger partial charge in [0.2, 0.25) is 17.7 Å². The predicted molar refractivity (Wildman–Crippen MR) is 149 cm³/mol. The summed E-state index contributed by atoms with van der Waals surface area (Å²) in [5.74, 6) is -2.50. The van der Waals surface area contributed by atoms with Crippen LogP contribution in [0.3, 0.4) is 0 Å². The maximum absolute atomic E-state index is 14.2. The zero-order chi connectivity index (χ0) is 27.7. The van der Waals surface area contributed by atoms with E-state index in [1.807, 2.05) is 74.5 Å². The maximum atomic E-state index is 14.2. The molecular formula is C30H36BrN3O5. The lowest BCUT2D eigenvalue weighted by molar-refractivity contribution is -0.147. The average Bonchev–Trinajstić information content (AvgIpc) is 3.55. The Hall–Kier alpha value is -2.75. The van der Waals surface area contributed by atoms with E-state index in [9.17, 15) is 19.5 Å². The van der Waals surface area contributed by atoms with Crippen LogP contribution in [0, 0.1) is 17.8 Å². The van der Waals surface area contributed by atoms with Crippen molar-refractivity contribution < 1.29 is 24.2 Å². The van der Waals surface area contributed by atoms with Crippen LogP contribution in [0.1, 0.15) is 37.8 Å². The number of nitrogens with one attached hydrogen (secondary N) is 2. The van der Waals surface area contributed by atoms with Crippen LogP contribution in [-0.2, 0) is 32.2 Å². The first-order valence-electron chi connectivity index (χ1n) is 13.7. The fourth-order valence-electron chi connectivity index (χ4n) is 6.62. The van der Waals surface area contributed by atoms with Crippen LogP contribution in [0.4, 0.5) is 0 Å². The number of aliphatic hydroxyl groups is 1. The smallest absolute Gasteiger partial charge is 0.246 e. The summed E-state index contributed by atoms with van der Waals surface area (Å²) < 4.78 is 6.56. The van der Waals surface area contributed by atoms with Crippen LogP contribution in [-0.4, -0.2) is 63.0 Å². The van der Waals surface area contributed by atoms with E-state index in [-0.39, 0.29) is 35.1 Å². The molecule has 8 atom stereocenters. The highest BCUT2D eigenvalue weighted by Gasteiger charge is 2.77. The van der Waals surface area contributed by atoms with Gasteiger partial charge in [0.15, 0.2) is 0 Å². The van der Waals surface area contributed by atoms with E-state index >= 15 is 0 Å². The van der Waals surface area contributed by atoms with E-state index in [0.29, 0.717) is 19.5 Å². The van der Waals surface area contributed by atoms with E-state index < -0.39 is 35.6 Å². The van der Waals surface area contributed by atoms with Crippen LogP contribution in [0.2, 0.25) is 0 Å². The summed E-state index contributed by atoms with van der Waals surface area (Å²) in [5.41, 5.74) is 0.728. The number of benzene rings is 2. The zero-order valence-electron chi connectivity index (χ0n) is 22.3. The van der Waals surface area contributed by atoms with E-state index in [4.69, 9.17) is 4.74 Å². The Morgan fingerprint density at radius 1 is 1.05 bits per heavy atom. The summed E-state index contributed by atoms with van der Waals surface area (Å²) in [4.78, 5) is 43.2. The van der Waals surface area contributed by atoms with Crippen molar-refractivity contribution in [3.63, 3.8) is 0 Å². The number of carbonyl (C=O) groups excluding carboxylic acids is 3. The number of ether oxygens (including phenoxy) is 1. The average molecular weight is 599 g/mol. The number of carbonyl (C=O) groups is 3. The van der Waals surface area contributed by atoms with Gasteiger partial charge in [0.05, 0.1) is 30.6 Å². The molecule has 2 aromatic carbocycles. The Morgan fingerprint density at radius 2 is 1.62 bits per heavy atom. The van der Waals surface area contributed by atoms with Gasteiger partial charge in [-0.15, -0.1) is 0 Å². The SMILES string of the molecule is CC[C@H](C)[C@H](CO)N1C(=O)[C@@H]2[C@@H](C(=O)NCc3ccccc3)[C@@H]3OC2(CC3Br)C1C(=O)NCc1ccccc1. The molecule has 2 bridgehead atoms. The zero-order valence-corrected chi connectivity index (χ0v) is 23.8. The number of hydrogen-bond acceptors (Lipinski definition) is 5. The molecule has 9 heteroatoms. The molecule has 5 rings (SSSR count). The lowest BCUT2D eigenvalue weighted by atomic mass is 9.70. The normalized spacial score (nSPS) is 30.6. The third-order valence-corrected chi connectivity index (χ3v) is 9.59. The van der Waals surface area contributed by atoms with Crippen LogP contribution in [0.25, 0.3) is 0 Å². The van der Waals surface area contributed by atoms with Crippen LogP contribution < -0.4 is 10.6 Å². The summed E-state index contributed by atoms with van der Waals surface area (Å²) in [6, 6.07) is 17.6. The Balaban J connectivity index is 1.47. The van der Waals surface area contributed by atoms with Crippen molar-refractivity contribution in [1.82, 2.24) is 15.5 Å². The standard InChI is InChI=1S/C30H36BrN3O5/c1-3-18(2)22(17-35)34-26(28(37)33-16-20-12-8-5-9-13-20)30-14-21(31)25(39-30)23(24(30)29(34)38)27(36)32-15-19-10-6-4-7-11-19/h4-13,18,21-26,35H,3,14-17H2,1-2H3,(H,32,36)(H,33,37)/t18-,21?,22-,23+,24-,25+,26?,30?/m0/s1. The topological polar surface area (TPSA) is 108 Å². The van der Waals surface area contributed by atoms with Gasteiger partial charge < -0.3 is 25.4 Å². The molecule has 2 aromatic rings. The van der Waals surface area contributed by atoms with Crippen molar-refractivity contribution in [3.05, 3.63) is 71.8 Å². The number of halogens is 1. The monoisotopic (exact) mass is 597 g/mol. The Bertz CT molecular complexity index is 1200. The van der Waals surface area contributed by atoms with E-state index in [1.165, 1.54) is 4.90 Å². The number of aliphatic hydroxyl groups excluding tert-OH is 1. The first kappa shape index (κ1) is 27.8. The molecule has 3 aliphatic rings. The second-order valence-corrected chi connectivity index (χ2v) is 12.1. The molecule has 39 heavy (non-hydrogen) atoms. The highest BCUT2D eigenvalue weighted by Crippen LogP contribution is 2.60. The lowest BCUT2D eigenvalue weighted by Gasteiger charge is -2.38. The molecule has 0 aromatic heterocycles. The Kier molecular flexibility index (Phi) is 8.12. The maximum Gasteiger partial charge on any atom is 0.246 e. The van der Waals surface area contributed by atoms with Gasteiger partial charge in [-0.1, -0.05) is 96.9 Å². The Morgan fingerprint density at radius 3 is 2.15 bits per heavy atom. The molecule has 3 heterocycles. The molecule has 3 amide bonds. The molecule has 0 saturated carbocycles. The first-order valence-corrected chi connectivity index (χ1v) is 14.6. The first-order chi connectivity index (χ1) is 18.8. The van der Waals surface area contributed by atoms with Crippen molar-refractivity contribution in [2.24, 2.45) is 17.8 Å². The largest absolute Gasteiger partial charge is 0.394 e. The minimum Gasteiger partial charge on any atom is -0.394 e. The number of alkyl halides is 1. The number of amides is 3. The van der Waals surface area contributed by atoms with Crippen LogP contribution in [0.5, 0.6) is 0 Å². The summed E-state index contributed by atoms with van der Waals surface area (Å²) in [5, 5.41) is 16.4. The second-order valence-electron chi connectivity index (χ2n) is 11.0. The number of rotatable bonds is 10. The molecule has 3 N–H and O–H groups in total. The third kappa shape index (κ3) is 4.89. The van der Waals surface area contributed by atoms with Crippen molar-refractivity contribution in [1.29, 1.82) is 0 Å². The van der Waals surface area contributed by atoms with Crippen LogP contribution >= 0.6 is 15.9 Å². The highest BCUT2D eigenvalue weighted by atomic mass is 79.9.